The molecule has 2 amide bonds. The van der Waals surface area contributed by atoms with Gasteiger partial charge in [-0.05, 0) is 39.5 Å². The summed E-state index contributed by atoms with van der Waals surface area (Å²) < 4.78 is 0. The highest BCUT2D eigenvalue weighted by Gasteiger charge is 2.28. The van der Waals surface area contributed by atoms with Crippen molar-refractivity contribution in [2.75, 3.05) is 13.1 Å². The third kappa shape index (κ3) is 5.06. The van der Waals surface area contributed by atoms with Crippen molar-refractivity contribution in [3.8, 4) is 0 Å². The van der Waals surface area contributed by atoms with Crippen LogP contribution in [0, 0.1) is 5.92 Å². The van der Waals surface area contributed by atoms with Gasteiger partial charge in [0.25, 0.3) is 0 Å². The highest BCUT2D eigenvalue weighted by atomic mass is 16.4. The Morgan fingerprint density at radius 3 is 2.59 bits per heavy atom. The van der Waals surface area contributed by atoms with Crippen LogP contribution in [0.1, 0.15) is 40.0 Å². The number of carboxylic acid groups (broad SMARTS) is 1. The molecule has 0 aliphatic carbocycles. The van der Waals surface area contributed by atoms with E-state index in [4.69, 9.17) is 5.11 Å². The maximum atomic E-state index is 11.8. The van der Waals surface area contributed by atoms with E-state index < -0.39 is 5.97 Å². The number of carboxylic acids is 1. The van der Waals surface area contributed by atoms with Crippen molar-refractivity contribution in [1.29, 1.82) is 0 Å². The van der Waals surface area contributed by atoms with Crippen LogP contribution in [0.15, 0.2) is 0 Å². The normalized spacial score (nSPS) is 20.4. The van der Waals surface area contributed by atoms with Crippen LogP contribution in [0.4, 0.5) is 4.79 Å². The van der Waals surface area contributed by atoms with Gasteiger partial charge in [-0.2, -0.15) is 0 Å². The van der Waals surface area contributed by atoms with Crippen molar-refractivity contribution in [2.45, 2.75) is 45.6 Å². The molecule has 1 fully saturated rings. The van der Waals surface area contributed by atoms with E-state index in [1.54, 1.807) is 4.90 Å². The smallest absolute Gasteiger partial charge is 0.317 e. The monoisotopic (exact) mass is 242 g/mol. The Balaban J connectivity index is 2.34. The van der Waals surface area contributed by atoms with Crippen LogP contribution in [-0.4, -0.2) is 40.6 Å². The molecule has 1 atom stereocenters. The molecule has 0 saturated carbocycles. The molecule has 0 aromatic rings. The van der Waals surface area contributed by atoms with Crippen LogP contribution >= 0.6 is 0 Å². The van der Waals surface area contributed by atoms with Crippen LogP contribution in [0.3, 0.4) is 0 Å². The summed E-state index contributed by atoms with van der Waals surface area (Å²) in [4.78, 5) is 24.1. The lowest BCUT2D eigenvalue weighted by Crippen LogP contribution is -2.47. The fraction of sp³-hybridized carbons (Fsp3) is 0.833. The van der Waals surface area contributed by atoms with E-state index >= 15 is 0 Å². The Morgan fingerprint density at radius 2 is 2.06 bits per heavy atom. The molecule has 98 valence electrons. The van der Waals surface area contributed by atoms with Gasteiger partial charge in [0.2, 0.25) is 0 Å². The molecule has 1 aliphatic rings. The molecule has 0 bridgehead atoms. The molecule has 1 saturated heterocycles. The number of hydrogen-bond acceptors (Lipinski definition) is 2. The first-order chi connectivity index (χ1) is 7.78. The molecule has 17 heavy (non-hydrogen) atoms. The zero-order valence-corrected chi connectivity index (χ0v) is 10.8. The fourth-order valence-corrected chi connectivity index (χ4v) is 1.98. The van der Waals surface area contributed by atoms with Crippen LogP contribution in [0.2, 0.25) is 0 Å². The fourth-order valence-electron chi connectivity index (χ4n) is 1.98. The molecule has 5 heteroatoms. The number of carbonyl (C=O) groups is 2. The summed E-state index contributed by atoms with van der Waals surface area (Å²) in [5.41, 5.74) is -0.226. The van der Waals surface area contributed by atoms with E-state index in [1.165, 1.54) is 0 Å². The maximum Gasteiger partial charge on any atom is 0.317 e. The summed E-state index contributed by atoms with van der Waals surface area (Å²) >= 11 is 0. The van der Waals surface area contributed by atoms with Gasteiger partial charge in [0.15, 0.2) is 0 Å². The number of nitrogens with zero attached hydrogens (tertiary/aromatic N) is 1. The number of urea groups is 1. The number of carbonyl (C=O) groups excluding carboxylic acids is 1. The van der Waals surface area contributed by atoms with E-state index in [9.17, 15) is 9.59 Å². The predicted molar refractivity (Wildman–Crippen MR) is 64.8 cm³/mol. The Hall–Kier alpha value is -1.26. The predicted octanol–water partition coefficient (Wildman–Crippen LogP) is 1.68. The summed E-state index contributed by atoms with van der Waals surface area (Å²) in [6, 6.07) is -0.0460. The molecule has 0 aromatic carbocycles. The molecule has 1 aliphatic heterocycles. The van der Waals surface area contributed by atoms with Gasteiger partial charge >= 0.3 is 12.0 Å². The van der Waals surface area contributed by atoms with E-state index in [1.807, 2.05) is 20.8 Å². The second kappa shape index (κ2) is 5.38. The molecule has 1 rings (SSSR count). The summed E-state index contributed by atoms with van der Waals surface area (Å²) in [7, 11) is 0. The first-order valence-corrected chi connectivity index (χ1v) is 6.07. The van der Waals surface area contributed by atoms with Gasteiger partial charge in [0.1, 0.15) is 0 Å². The van der Waals surface area contributed by atoms with Crippen molar-refractivity contribution in [1.82, 2.24) is 10.2 Å². The lowest BCUT2D eigenvalue weighted by molar-refractivity contribution is -0.137. The molecule has 0 spiro atoms. The number of amides is 2. The summed E-state index contributed by atoms with van der Waals surface area (Å²) in [6.07, 6.45) is 1.76. The van der Waals surface area contributed by atoms with Gasteiger partial charge in [-0.15, -0.1) is 0 Å². The second-order valence-corrected chi connectivity index (χ2v) is 5.71. The van der Waals surface area contributed by atoms with Crippen LogP contribution < -0.4 is 5.32 Å². The Bertz CT molecular complexity index is 297. The standard InChI is InChI=1S/C12H22N2O3/c1-12(2,3)13-11(17)14-7-6-9(8-14)4-5-10(15)16/h9H,4-8H2,1-3H3,(H,13,17)(H,15,16). The van der Waals surface area contributed by atoms with E-state index in [2.05, 4.69) is 5.32 Å². The van der Waals surface area contributed by atoms with Gasteiger partial charge in [0, 0.05) is 25.0 Å². The van der Waals surface area contributed by atoms with Crippen molar-refractivity contribution >= 4 is 12.0 Å². The maximum absolute atomic E-state index is 11.8. The van der Waals surface area contributed by atoms with Crippen molar-refractivity contribution in [2.24, 2.45) is 5.92 Å². The number of aliphatic carboxylic acids is 1. The zero-order chi connectivity index (χ0) is 13.1. The van der Waals surface area contributed by atoms with Crippen LogP contribution in [0.25, 0.3) is 0 Å². The minimum Gasteiger partial charge on any atom is -0.481 e. The topological polar surface area (TPSA) is 69.6 Å². The number of nitrogens with one attached hydrogen (secondary N) is 1. The van der Waals surface area contributed by atoms with Gasteiger partial charge in [-0.3, -0.25) is 4.79 Å². The van der Waals surface area contributed by atoms with Gasteiger partial charge in [0.05, 0.1) is 0 Å². The van der Waals surface area contributed by atoms with E-state index in [0.717, 1.165) is 13.0 Å². The molecule has 1 unspecified atom stereocenters. The molecule has 5 nitrogen and oxygen atoms in total. The third-order valence-electron chi connectivity index (χ3n) is 2.82. The molecule has 2 N–H and O–H groups in total. The lowest BCUT2D eigenvalue weighted by Gasteiger charge is -2.25. The summed E-state index contributed by atoms with van der Waals surface area (Å²) in [5.74, 6) is -0.431. The third-order valence-corrected chi connectivity index (χ3v) is 2.82. The van der Waals surface area contributed by atoms with Gasteiger partial charge in [-0.25, -0.2) is 4.79 Å². The minimum absolute atomic E-state index is 0.0460. The number of likely N-dealkylation sites (tertiary alicyclic amines) is 1. The van der Waals surface area contributed by atoms with E-state index in [-0.39, 0.29) is 18.0 Å². The lowest BCUT2D eigenvalue weighted by atomic mass is 10.0. The van der Waals surface area contributed by atoms with Crippen LogP contribution in [0.5, 0.6) is 0 Å². The zero-order valence-electron chi connectivity index (χ0n) is 10.8. The average Bonchev–Trinajstić information content (AvgIpc) is 2.60. The molecule has 0 radical (unpaired) electrons. The molecular formula is C12H22N2O3. The number of hydrogen-bond donors (Lipinski definition) is 2. The van der Waals surface area contributed by atoms with Crippen molar-refractivity contribution in [3.63, 3.8) is 0 Å². The SMILES string of the molecule is CC(C)(C)NC(=O)N1CCC(CCC(=O)O)C1. The van der Waals surface area contributed by atoms with Gasteiger partial charge in [-0.1, -0.05) is 0 Å². The quantitative estimate of drug-likeness (QED) is 0.791. The van der Waals surface area contributed by atoms with Gasteiger partial charge < -0.3 is 15.3 Å². The summed E-state index contributed by atoms with van der Waals surface area (Å²) in [6.45, 7) is 7.25. The Labute approximate surface area is 102 Å². The highest BCUT2D eigenvalue weighted by molar-refractivity contribution is 5.75. The van der Waals surface area contributed by atoms with Crippen molar-refractivity contribution in [3.05, 3.63) is 0 Å². The first-order valence-electron chi connectivity index (χ1n) is 6.07. The van der Waals surface area contributed by atoms with Crippen LogP contribution in [-0.2, 0) is 4.79 Å². The molecule has 0 aromatic heterocycles. The molecular weight excluding hydrogens is 220 g/mol. The number of rotatable bonds is 3. The highest BCUT2D eigenvalue weighted by Crippen LogP contribution is 2.21. The second-order valence-electron chi connectivity index (χ2n) is 5.71. The average molecular weight is 242 g/mol. The largest absolute Gasteiger partial charge is 0.481 e. The molecule has 1 heterocycles. The Kier molecular flexibility index (Phi) is 4.37. The Morgan fingerprint density at radius 1 is 1.41 bits per heavy atom. The first kappa shape index (κ1) is 13.8. The van der Waals surface area contributed by atoms with Crippen molar-refractivity contribution < 1.29 is 14.7 Å². The summed E-state index contributed by atoms with van der Waals surface area (Å²) in [5, 5.41) is 11.5. The minimum atomic E-state index is -0.761. The van der Waals surface area contributed by atoms with E-state index in [0.29, 0.717) is 18.9 Å².